The summed E-state index contributed by atoms with van der Waals surface area (Å²) in [5.41, 5.74) is 1.11. The molecule has 7 nitrogen and oxygen atoms in total. The SMILES string of the molecule is CCCS(=O)(=O)Nc1ccc(NC(=O)CC2COCCN2)cc1. The summed E-state index contributed by atoms with van der Waals surface area (Å²) in [6, 6.07) is 6.64. The molecule has 1 heterocycles. The first kappa shape index (κ1) is 17.7. The smallest absolute Gasteiger partial charge is 0.232 e. The third-order valence-electron chi connectivity index (χ3n) is 3.35. The monoisotopic (exact) mass is 341 g/mol. The topological polar surface area (TPSA) is 96.5 Å². The van der Waals surface area contributed by atoms with Crippen LogP contribution in [0.15, 0.2) is 24.3 Å². The molecule has 1 amide bonds. The Hall–Kier alpha value is -1.64. The number of nitrogens with one attached hydrogen (secondary N) is 3. The van der Waals surface area contributed by atoms with Gasteiger partial charge in [0.2, 0.25) is 15.9 Å². The van der Waals surface area contributed by atoms with E-state index in [-0.39, 0.29) is 17.7 Å². The Morgan fingerprint density at radius 1 is 1.30 bits per heavy atom. The highest BCUT2D eigenvalue weighted by Gasteiger charge is 2.17. The number of sulfonamides is 1. The average molecular weight is 341 g/mol. The van der Waals surface area contributed by atoms with E-state index in [1.54, 1.807) is 24.3 Å². The lowest BCUT2D eigenvalue weighted by molar-refractivity contribution is -0.117. The van der Waals surface area contributed by atoms with Crippen molar-refractivity contribution in [2.75, 3.05) is 35.6 Å². The van der Waals surface area contributed by atoms with Crippen molar-refractivity contribution in [1.82, 2.24) is 5.32 Å². The van der Waals surface area contributed by atoms with Gasteiger partial charge in [-0.15, -0.1) is 0 Å². The van der Waals surface area contributed by atoms with Crippen LogP contribution in [0.4, 0.5) is 11.4 Å². The first-order valence-corrected chi connectivity index (χ1v) is 9.35. The molecule has 0 aromatic heterocycles. The van der Waals surface area contributed by atoms with Crippen molar-refractivity contribution in [3.05, 3.63) is 24.3 Å². The van der Waals surface area contributed by atoms with Gasteiger partial charge in [0, 0.05) is 30.4 Å². The van der Waals surface area contributed by atoms with Crippen molar-refractivity contribution in [1.29, 1.82) is 0 Å². The predicted octanol–water partition coefficient (Wildman–Crippen LogP) is 1.16. The van der Waals surface area contributed by atoms with Gasteiger partial charge in [-0.3, -0.25) is 9.52 Å². The zero-order chi connectivity index (χ0) is 16.7. The number of carbonyl (C=O) groups excluding carboxylic acids is 1. The maximum absolute atomic E-state index is 12.0. The van der Waals surface area contributed by atoms with Gasteiger partial charge < -0.3 is 15.4 Å². The zero-order valence-corrected chi connectivity index (χ0v) is 14.0. The fourth-order valence-electron chi connectivity index (χ4n) is 2.31. The van der Waals surface area contributed by atoms with E-state index >= 15 is 0 Å². The molecule has 3 N–H and O–H groups in total. The molecule has 1 aliphatic rings. The molecule has 0 radical (unpaired) electrons. The van der Waals surface area contributed by atoms with Crippen molar-refractivity contribution >= 4 is 27.3 Å². The lowest BCUT2D eigenvalue weighted by Crippen LogP contribution is -2.43. The lowest BCUT2D eigenvalue weighted by atomic mass is 10.2. The molecule has 2 rings (SSSR count). The second kappa shape index (κ2) is 8.28. The fraction of sp³-hybridized carbons (Fsp3) is 0.533. The Morgan fingerprint density at radius 2 is 2.00 bits per heavy atom. The first-order valence-electron chi connectivity index (χ1n) is 7.70. The van der Waals surface area contributed by atoms with Crippen molar-refractivity contribution in [2.24, 2.45) is 0 Å². The summed E-state index contributed by atoms with van der Waals surface area (Å²) in [6.45, 7) is 3.77. The van der Waals surface area contributed by atoms with Gasteiger partial charge in [0.15, 0.2) is 0 Å². The summed E-state index contributed by atoms with van der Waals surface area (Å²) in [5, 5.41) is 6.01. The highest BCUT2D eigenvalue weighted by atomic mass is 32.2. The molecule has 0 aliphatic carbocycles. The molecule has 0 spiro atoms. The van der Waals surface area contributed by atoms with Crippen LogP contribution in [-0.2, 0) is 19.6 Å². The second-order valence-electron chi connectivity index (χ2n) is 5.48. The number of rotatable bonds is 7. The average Bonchev–Trinajstić information content (AvgIpc) is 2.50. The summed E-state index contributed by atoms with van der Waals surface area (Å²) < 4.78 is 31.2. The molecule has 1 aromatic rings. The van der Waals surface area contributed by atoms with Crippen LogP contribution in [0.25, 0.3) is 0 Å². The van der Waals surface area contributed by atoms with Crippen molar-refractivity contribution in [3.63, 3.8) is 0 Å². The van der Waals surface area contributed by atoms with E-state index in [0.717, 1.165) is 6.54 Å². The van der Waals surface area contributed by atoms with Crippen LogP contribution in [0, 0.1) is 0 Å². The number of anilines is 2. The number of hydrogen-bond donors (Lipinski definition) is 3. The van der Waals surface area contributed by atoms with Crippen LogP contribution in [-0.4, -0.2) is 45.9 Å². The highest BCUT2D eigenvalue weighted by Crippen LogP contribution is 2.15. The second-order valence-corrected chi connectivity index (χ2v) is 7.32. The van der Waals surface area contributed by atoms with E-state index in [1.165, 1.54) is 0 Å². The van der Waals surface area contributed by atoms with Gasteiger partial charge >= 0.3 is 0 Å². The normalized spacial score (nSPS) is 18.4. The molecule has 1 saturated heterocycles. The van der Waals surface area contributed by atoms with Gasteiger partial charge in [-0.05, 0) is 30.7 Å². The zero-order valence-electron chi connectivity index (χ0n) is 13.2. The first-order chi connectivity index (χ1) is 11.0. The van der Waals surface area contributed by atoms with Crippen LogP contribution in [0.3, 0.4) is 0 Å². The van der Waals surface area contributed by atoms with Crippen LogP contribution < -0.4 is 15.4 Å². The Bertz CT molecular complexity index is 610. The molecular weight excluding hydrogens is 318 g/mol. The van der Waals surface area contributed by atoms with E-state index in [2.05, 4.69) is 15.4 Å². The quantitative estimate of drug-likeness (QED) is 0.691. The van der Waals surface area contributed by atoms with Crippen LogP contribution >= 0.6 is 0 Å². The Balaban J connectivity index is 1.85. The van der Waals surface area contributed by atoms with E-state index in [1.807, 2.05) is 6.92 Å². The molecule has 0 saturated carbocycles. The van der Waals surface area contributed by atoms with Crippen molar-refractivity contribution < 1.29 is 17.9 Å². The number of amides is 1. The fourth-order valence-corrected chi connectivity index (χ4v) is 3.44. The third kappa shape index (κ3) is 6.17. The molecule has 23 heavy (non-hydrogen) atoms. The Kier molecular flexibility index (Phi) is 6.37. The lowest BCUT2D eigenvalue weighted by Gasteiger charge is -2.23. The Morgan fingerprint density at radius 3 is 2.61 bits per heavy atom. The van der Waals surface area contributed by atoms with Crippen LogP contribution in [0.1, 0.15) is 19.8 Å². The maximum Gasteiger partial charge on any atom is 0.232 e. The molecule has 1 atom stereocenters. The van der Waals surface area contributed by atoms with Crippen LogP contribution in [0.5, 0.6) is 0 Å². The molecule has 128 valence electrons. The Labute approximate surface area is 136 Å². The summed E-state index contributed by atoms with van der Waals surface area (Å²) in [7, 11) is -3.30. The van der Waals surface area contributed by atoms with Gasteiger partial charge in [0.05, 0.1) is 19.0 Å². The maximum atomic E-state index is 12.0. The molecule has 1 aromatic carbocycles. The van der Waals surface area contributed by atoms with Gasteiger partial charge in [-0.1, -0.05) is 6.92 Å². The summed E-state index contributed by atoms with van der Waals surface area (Å²) in [4.78, 5) is 12.0. The minimum atomic E-state index is -3.30. The van der Waals surface area contributed by atoms with Gasteiger partial charge in [0.25, 0.3) is 0 Å². The predicted molar refractivity (Wildman–Crippen MR) is 90.0 cm³/mol. The van der Waals surface area contributed by atoms with E-state index in [0.29, 0.717) is 37.4 Å². The minimum Gasteiger partial charge on any atom is -0.378 e. The molecule has 1 aliphatic heterocycles. The molecule has 0 bridgehead atoms. The van der Waals surface area contributed by atoms with Gasteiger partial charge in [0.1, 0.15) is 0 Å². The van der Waals surface area contributed by atoms with E-state index in [9.17, 15) is 13.2 Å². The summed E-state index contributed by atoms with van der Waals surface area (Å²) >= 11 is 0. The van der Waals surface area contributed by atoms with Crippen molar-refractivity contribution in [2.45, 2.75) is 25.8 Å². The largest absolute Gasteiger partial charge is 0.378 e. The van der Waals surface area contributed by atoms with Gasteiger partial charge in [-0.2, -0.15) is 0 Å². The number of hydrogen-bond acceptors (Lipinski definition) is 5. The van der Waals surface area contributed by atoms with E-state index < -0.39 is 10.0 Å². The molecule has 1 unspecified atom stereocenters. The number of carbonyl (C=O) groups is 1. The minimum absolute atomic E-state index is 0.0314. The number of ether oxygens (including phenoxy) is 1. The van der Waals surface area contributed by atoms with Crippen molar-refractivity contribution in [3.8, 4) is 0 Å². The molecular formula is C15H23N3O4S. The van der Waals surface area contributed by atoms with Gasteiger partial charge in [-0.25, -0.2) is 8.42 Å². The molecule has 1 fully saturated rings. The number of benzene rings is 1. The summed E-state index contributed by atoms with van der Waals surface area (Å²) in [5.74, 6) is -0.0191. The van der Waals surface area contributed by atoms with E-state index in [4.69, 9.17) is 4.74 Å². The highest BCUT2D eigenvalue weighted by molar-refractivity contribution is 7.92. The molecule has 8 heteroatoms. The number of morpholine rings is 1. The van der Waals surface area contributed by atoms with Crippen LogP contribution in [0.2, 0.25) is 0 Å². The third-order valence-corrected chi connectivity index (χ3v) is 4.84. The standard InChI is InChI=1S/C15H23N3O4S/c1-2-9-23(20,21)18-13-5-3-12(4-6-13)17-15(19)10-14-11-22-8-7-16-14/h3-6,14,16,18H,2,7-11H2,1H3,(H,17,19). The summed E-state index contributed by atoms with van der Waals surface area (Å²) in [6.07, 6.45) is 0.896.